The van der Waals surface area contributed by atoms with Crippen molar-refractivity contribution in [3.8, 4) is 5.88 Å². The Labute approximate surface area is 126 Å². The van der Waals surface area contributed by atoms with E-state index in [9.17, 15) is 14.7 Å². The molecule has 7 nitrogen and oxygen atoms in total. The third-order valence-corrected chi connectivity index (χ3v) is 3.77. The van der Waals surface area contributed by atoms with Crippen molar-refractivity contribution in [3.63, 3.8) is 0 Å². The van der Waals surface area contributed by atoms with Gasteiger partial charge in [-0.15, -0.1) is 0 Å². The van der Waals surface area contributed by atoms with E-state index in [2.05, 4.69) is 10.3 Å². The largest absolute Gasteiger partial charge is 0.493 e. The summed E-state index contributed by atoms with van der Waals surface area (Å²) >= 11 is 0. The Kier molecular flexibility index (Phi) is 3.81. The zero-order chi connectivity index (χ0) is 15.7. The zero-order valence-electron chi connectivity index (χ0n) is 12.2. The summed E-state index contributed by atoms with van der Waals surface area (Å²) in [6, 6.07) is 3.47. The molecule has 116 valence electrons. The Hall–Kier alpha value is -2.41. The molecular formula is C15H17N3O4. The van der Waals surface area contributed by atoms with Crippen molar-refractivity contribution in [1.29, 1.82) is 0 Å². The quantitative estimate of drug-likeness (QED) is 0.867. The summed E-state index contributed by atoms with van der Waals surface area (Å²) in [6.07, 6.45) is 3.32. The minimum Gasteiger partial charge on any atom is -0.493 e. The molecule has 0 radical (unpaired) electrons. The lowest BCUT2D eigenvalue weighted by Crippen LogP contribution is -2.36. The van der Waals surface area contributed by atoms with Crippen LogP contribution in [0.25, 0.3) is 5.65 Å². The van der Waals surface area contributed by atoms with Gasteiger partial charge in [-0.25, -0.2) is 0 Å². The van der Waals surface area contributed by atoms with Gasteiger partial charge in [-0.05, 0) is 31.4 Å². The van der Waals surface area contributed by atoms with Crippen molar-refractivity contribution in [3.05, 3.63) is 39.8 Å². The minimum atomic E-state index is -0.638. The van der Waals surface area contributed by atoms with Crippen LogP contribution in [0.15, 0.2) is 23.1 Å². The Morgan fingerprint density at radius 2 is 2.41 bits per heavy atom. The molecule has 2 aromatic rings. The van der Waals surface area contributed by atoms with Gasteiger partial charge in [0.15, 0.2) is 5.56 Å². The van der Waals surface area contributed by atoms with Crippen LogP contribution in [0.5, 0.6) is 5.88 Å². The third-order valence-electron chi connectivity index (χ3n) is 3.77. The van der Waals surface area contributed by atoms with Crippen molar-refractivity contribution in [2.75, 3.05) is 13.2 Å². The lowest BCUT2D eigenvalue weighted by Gasteiger charge is -2.12. The molecule has 2 N–H and O–H groups in total. The first-order valence-corrected chi connectivity index (χ1v) is 7.18. The molecule has 3 rings (SSSR count). The summed E-state index contributed by atoms with van der Waals surface area (Å²) in [7, 11) is 0. The lowest BCUT2D eigenvalue weighted by molar-refractivity contribution is 0.0853. The molecule has 1 amide bonds. The number of amides is 1. The molecule has 1 fully saturated rings. The smallest absolute Gasteiger partial charge is 0.274 e. The van der Waals surface area contributed by atoms with E-state index in [0.717, 1.165) is 18.4 Å². The number of ether oxygens (including phenoxy) is 1. The predicted molar refractivity (Wildman–Crippen MR) is 79.2 cm³/mol. The van der Waals surface area contributed by atoms with Gasteiger partial charge >= 0.3 is 0 Å². The maximum Gasteiger partial charge on any atom is 0.274 e. The molecule has 1 saturated heterocycles. The number of aromatic nitrogens is 2. The average molecular weight is 303 g/mol. The van der Waals surface area contributed by atoms with Crippen LogP contribution in [0, 0.1) is 6.92 Å². The Morgan fingerprint density at radius 1 is 1.59 bits per heavy atom. The number of carbonyl (C=O) groups excluding carboxylic acids is 1. The summed E-state index contributed by atoms with van der Waals surface area (Å²) in [5.41, 5.74) is 0.138. The molecule has 0 spiro atoms. The number of rotatable bonds is 3. The van der Waals surface area contributed by atoms with Crippen LogP contribution in [0.2, 0.25) is 0 Å². The van der Waals surface area contributed by atoms with Gasteiger partial charge in [0.2, 0.25) is 5.88 Å². The van der Waals surface area contributed by atoms with Crippen molar-refractivity contribution >= 4 is 11.6 Å². The van der Waals surface area contributed by atoms with E-state index >= 15 is 0 Å². The molecule has 0 aromatic carbocycles. The highest BCUT2D eigenvalue weighted by Crippen LogP contribution is 2.14. The number of hydrogen-bond acceptors (Lipinski definition) is 5. The van der Waals surface area contributed by atoms with Crippen LogP contribution in [-0.2, 0) is 4.74 Å². The van der Waals surface area contributed by atoms with Crippen LogP contribution in [-0.4, -0.2) is 39.7 Å². The average Bonchev–Trinajstić information content (AvgIpc) is 3.00. The molecule has 1 aliphatic rings. The molecule has 7 heteroatoms. The van der Waals surface area contributed by atoms with Gasteiger partial charge < -0.3 is 15.2 Å². The summed E-state index contributed by atoms with van der Waals surface area (Å²) in [4.78, 5) is 28.6. The molecule has 1 unspecified atom stereocenters. The van der Waals surface area contributed by atoms with Gasteiger partial charge in [-0.2, -0.15) is 4.98 Å². The number of fused-ring (bicyclic) bond motifs is 1. The number of hydrogen-bond donors (Lipinski definition) is 2. The molecular weight excluding hydrogens is 286 g/mol. The van der Waals surface area contributed by atoms with E-state index in [1.54, 1.807) is 19.1 Å². The highest BCUT2D eigenvalue weighted by molar-refractivity contribution is 5.96. The number of nitrogens with one attached hydrogen (secondary N) is 1. The Morgan fingerprint density at radius 3 is 3.14 bits per heavy atom. The number of aromatic hydroxyl groups is 1. The fourth-order valence-electron chi connectivity index (χ4n) is 2.59. The molecule has 0 bridgehead atoms. The van der Waals surface area contributed by atoms with Crippen LogP contribution in [0.3, 0.4) is 0 Å². The van der Waals surface area contributed by atoms with Crippen molar-refractivity contribution in [2.24, 2.45) is 0 Å². The van der Waals surface area contributed by atoms with E-state index in [0.29, 0.717) is 18.8 Å². The van der Waals surface area contributed by atoms with Gasteiger partial charge in [-0.3, -0.25) is 14.0 Å². The van der Waals surface area contributed by atoms with E-state index in [-0.39, 0.29) is 11.7 Å². The molecule has 2 aromatic heterocycles. The molecule has 1 aliphatic heterocycles. The standard InChI is InChI=1S/C15H17N3O4/c1-9-4-2-6-18-12(9)17-14(20)11(15(18)21)13(19)16-8-10-5-3-7-22-10/h2,4,6,10,20H,3,5,7-8H2,1H3,(H,16,19). The van der Waals surface area contributed by atoms with Crippen molar-refractivity contribution in [2.45, 2.75) is 25.9 Å². The summed E-state index contributed by atoms with van der Waals surface area (Å²) in [6.45, 7) is 2.78. The number of aryl methyl sites for hydroxylation is 1. The van der Waals surface area contributed by atoms with Crippen LogP contribution >= 0.6 is 0 Å². The predicted octanol–water partition coefficient (Wildman–Crippen LogP) is 0.617. The first-order chi connectivity index (χ1) is 10.6. The highest BCUT2D eigenvalue weighted by Gasteiger charge is 2.22. The third kappa shape index (κ3) is 2.55. The van der Waals surface area contributed by atoms with E-state index < -0.39 is 17.3 Å². The van der Waals surface area contributed by atoms with E-state index in [1.807, 2.05) is 0 Å². The van der Waals surface area contributed by atoms with Crippen molar-refractivity contribution < 1.29 is 14.6 Å². The molecule has 0 saturated carbocycles. The summed E-state index contributed by atoms with van der Waals surface area (Å²) in [5.74, 6) is -1.19. The van der Waals surface area contributed by atoms with Crippen LogP contribution in [0.4, 0.5) is 0 Å². The molecule has 22 heavy (non-hydrogen) atoms. The van der Waals surface area contributed by atoms with Gasteiger partial charge in [0, 0.05) is 19.3 Å². The topological polar surface area (TPSA) is 92.9 Å². The van der Waals surface area contributed by atoms with Crippen molar-refractivity contribution in [1.82, 2.24) is 14.7 Å². The Bertz CT molecular complexity index is 778. The number of nitrogens with zero attached hydrogens (tertiary/aromatic N) is 2. The fourth-order valence-corrected chi connectivity index (χ4v) is 2.59. The maximum atomic E-state index is 12.4. The van der Waals surface area contributed by atoms with Crippen LogP contribution < -0.4 is 10.9 Å². The highest BCUT2D eigenvalue weighted by atomic mass is 16.5. The number of carbonyl (C=O) groups is 1. The summed E-state index contributed by atoms with van der Waals surface area (Å²) in [5, 5.41) is 12.6. The van der Waals surface area contributed by atoms with Gasteiger partial charge in [0.1, 0.15) is 5.65 Å². The molecule has 1 atom stereocenters. The second kappa shape index (κ2) is 5.76. The first kappa shape index (κ1) is 14.5. The zero-order valence-corrected chi connectivity index (χ0v) is 12.2. The van der Waals surface area contributed by atoms with Gasteiger partial charge in [-0.1, -0.05) is 6.07 Å². The monoisotopic (exact) mass is 303 g/mol. The second-order valence-corrected chi connectivity index (χ2v) is 5.35. The number of pyridine rings is 1. The first-order valence-electron chi connectivity index (χ1n) is 7.18. The van der Waals surface area contributed by atoms with Gasteiger partial charge in [0.05, 0.1) is 6.10 Å². The molecule has 3 heterocycles. The van der Waals surface area contributed by atoms with Crippen LogP contribution in [0.1, 0.15) is 28.8 Å². The summed E-state index contributed by atoms with van der Waals surface area (Å²) < 4.78 is 6.67. The Balaban J connectivity index is 1.92. The minimum absolute atomic E-state index is 0.0375. The second-order valence-electron chi connectivity index (χ2n) is 5.35. The molecule has 0 aliphatic carbocycles. The maximum absolute atomic E-state index is 12.4. The van der Waals surface area contributed by atoms with E-state index in [4.69, 9.17) is 4.74 Å². The van der Waals surface area contributed by atoms with E-state index in [1.165, 1.54) is 10.6 Å². The normalized spacial score (nSPS) is 17.8. The SMILES string of the molecule is Cc1cccn2c(=O)c(C(=O)NCC3CCCO3)c(O)nc12. The fraction of sp³-hybridized carbons (Fsp3) is 0.400. The van der Waals surface area contributed by atoms with Gasteiger partial charge in [0.25, 0.3) is 11.5 Å². The lowest BCUT2D eigenvalue weighted by atomic mass is 10.2.